The molecule has 1 aromatic rings. The third kappa shape index (κ3) is 8.84. The van der Waals surface area contributed by atoms with Gasteiger partial charge in [0.2, 0.25) is 5.91 Å². The van der Waals surface area contributed by atoms with E-state index in [2.05, 4.69) is 10.6 Å². The molecule has 0 aliphatic heterocycles. The number of carbonyl (C=O) groups is 3. The lowest BCUT2D eigenvalue weighted by atomic mass is 9.87. The maximum absolute atomic E-state index is 13.4. The number of rotatable bonds is 12. The molecule has 210 valence electrons. The molecule has 1 amide bonds. The number of benzene rings is 1. The van der Waals surface area contributed by atoms with E-state index in [4.69, 9.17) is 31.1 Å². The topological polar surface area (TPSA) is 179 Å². The molecule has 1 aliphatic carbocycles. The summed E-state index contributed by atoms with van der Waals surface area (Å²) in [6.45, 7) is 8.92. The number of guanidine groups is 1. The number of nitrogens with one attached hydrogen (secondary N) is 3. The molecule has 11 heteroatoms. The lowest BCUT2D eigenvalue weighted by molar-refractivity contribution is -0.189. The van der Waals surface area contributed by atoms with Crippen molar-refractivity contribution in [3.05, 3.63) is 47.5 Å². The van der Waals surface area contributed by atoms with Crippen LogP contribution in [0, 0.1) is 11.3 Å². The highest BCUT2D eigenvalue weighted by molar-refractivity contribution is 5.89. The highest BCUT2D eigenvalue weighted by Crippen LogP contribution is 2.28. The van der Waals surface area contributed by atoms with E-state index in [1.165, 1.54) is 6.92 Å². The molecule has 2 rings (SSSR count). The van der Waals surface area contributed by atoms with Crippen LogP contribution in [0.1, 0.15) is 65.7 Å². The predicted molar refractivity (Wildman–Crippen MR) is 143 cm³/mol. The van der Waals surface area contributed by atoms with Gasteiger partial charge in [0.15, 0.2) is 5.96 Å². The van der Waals surface area contributed by atoms with Crippen LogP contribution in [0.5, 0.6) is 0 Å². The predicted octanol–water partition coefficient (Wildman–Crippen LogP) is 2.02. The van der Waals surface area contributed by atoms with Gasteiger partial charge >= 0.3 is 11.9 Å². The normalized spacial score (nSPS) is 20.7. The number of hydrogen-bond acceptors (Lipinski definition) is 8. The summed E-state index contributed by atoms with van der Waals surface area (Å²) >= 11 is 0. The van der Waals surface area contributed by atoms with Gasteiger partial charge in [0.1, 0.15) is 6.04 Å². The van der Waals surface area contributed by atoms with Crippen LogP contribution in [-0.4, -0.2) is 54.1 Å². The first kappa shape index (κ1) is 30.8. The Labute approximate surface area is 224 Å². The van der Waals surface area contributed by atoms with E-state index in [9.17, 15) is 14.4 Å². The fraction of sp³-hybridized carbons (Fsp3) is 0.556. The molecule has 7 N–H and O–H groups in total. The Morgan fingerprint density at radius 1 is 1.08 bits per heavy atom. The summed E-state index contributed by atoms with van der Waals surface area (Å²) in [5, 5.41) is 13.4. The summed E-state index contributed by atoms with van der Waals surface area (Å²) in [5.41, 5.74) is 12.3. The molecule has 0 aromatic heterocycles. The van der Waals surface area contributed by atoms with E-state index in [-0.39, 0.29) is 35.9 Å². The summed E-state index contributed by atoms with van der Waals surface area (Å²) in [7, 11) is 0. The molecule has 0 fully saturated rings. The highest BCUT2D eigenvalue weighted by Gasteiger charge is 2.39. The molecule has 0 radical (unpaired) electrons. The van der Waals surface area contributed by atoms with E-state index < -0.39 is 42.5 Å². The van der Waals surface area contributed by atoms with Gasteiger partial charge in [-0.3, -0.25) is 15.0 Å². The van der Waals surface area contributed by atoms with Crippen LogP contribution < -0.4 is 22.1 Å². The van der Waals surface area contributed by atoms with Gasteiger partial charge in [-0.15, -0.1) is 0 Å². The average molecular weight is 532 g/mol. The summed E-state index contributed by atoms with van der Waals surface area (Å²) in [4.78, 5) is 38.0. The highest BCUT2D eigenvalue weighted by atomic mass is 16.7. The lowest BCUT2D eigenvalue weighted by Gasteiger charge is -2.38. The van der Waals surface area contributed by atoms with Crippen LogP contribution in [0.3, 0.4) is 0 Å². The van der Waals surface area contributed by atoms with Crippen LogP contribution >= 0.6 is 0 Å². The third-order valence-corrected chi connectivity index (χ3v) is 6.33. The smallest absolute Gasteiger partial charge is 0.337 e. The monoisotopic (exact) mass is 531 g/mol. The maximum atomic E-state index is 13.4. The zero-order valence-electron chi connectivity index (χ0n) is 22.7. The SMILES string of the molecule is CCC(CC)O[C@@H]1C=C(C(=O)OC(OC(=O)C(N)C(C)C)c2ccccc2)C[C@H](NC(=N)N)[C@H]1NC(C)=O. The molecule has 38 heavy (non-hydrogen) atoms. The maximum Gasteiger partial charge on any atom is 0.337 e. The fourth-order valence-corrected chi connectivity index (χ4v) is 4.10. The zero-order chi connectivity index (χ0) is 28.4. The number of nitrogens with two attached hydrogens (primary N) is 2. The minimum Gasteiger partial charge on any atom is -0.419 e. The summed E-state index contributed by atoms with van der Waals surface area (Å²) in [6, 6.07) is 6.48. The van der Waals surface area contributed by atoms with Gasteiger partial charge in [0, 0.05) is 24.5 Å². The molecule has 0 bridgehead atoms. The summed E-state index contributed by atoms with van der Waals surface area (Å²) in [5.74, 6) is -2.22. The Morgan fingerprint density at radius 3 is 2.24 bits per heavy atom. The van der Waals surface area contributed by atoms with Gasteiger partial charge in [-0.05, 0) is 24.8 Å². The Morgan fingerprint density at radius 2 is 1.71 bits per heavy atom. The molecule has 0 saturated carbocycles. The largest absolute Gasteiger partial charge is 0.419 e. The Kier molecular flexibility index (Phi) is 11.7. The molecule has 1 aliphatic rings. The summed E-state index contributed by atoms with van der Waals surface area (Å²) in [6.07, 6.45) is 0.977. The first-order valence-electron chi connectivity index (χ1n) is 12.9. The van der Waals surface area contributed by atoms with Gasteiger partial charge in [-0.25, -0.2) is 4.79 Å². The average Bonchev–Trinajstić information content (AvgIpc) is 2.87. The summed E-state index contributed by atoms with van der Waals surface area (Å²) < 4.78 is 17.5. The second-order valence-electron chi connectivity index (χ2n) is 9.68. The van der Waals surface area contributed by atoms with Crippen molar-refractivity contribution in [1.29, 1.82) is 5.41 Å². The minimum absolute atomic E-state index is 0.0765. The Hall–Kier alpha value is -3.44. The van der Waals surface area contributed by atoms with Crippen molar-refractivity contribution in [3.8, 4) is 0 Å². The third-order valence-electron chi connectivity index (χ3n) is 6.33. The minimum atomic E-state index is -1.33. The Balaban J connectivity index is 2.40. The first-order valence-corrected chi connectivity index (χ1v) is 12.9. The van der Waals surface area contributed by atoms with Crippen molar-refractivity contribution in [2.75, 3.05) is 0 Å². The second-order valence-corrected chi connectivity index (χ2v) is 9.68. The van der Waals surface area contributed by atoms with E-state index in [0.717, 1.165) is 12.8 Å². The standard InChI is InChI=1S/C27H41N5O6/c1-6-19(7-2)36-21-14-18(13-20(32-27(29)30)23(21)31-16(5)33)24(34)37-26(17-11-9-8-10-12-17)38-25(35)22(28)15(3)4/h8-12,14-15,19-23,26H,6-7,13,28H2,1-5H3,(H,31,33)(H4,29,30,32)/t20-,21+,22?,23+,26?/m0/s1. The number of ether oxygens (including phenoxy) is 3. The number of hydrogen-bond donors (Lipinski definition) is 5. The molecule has 5 atom stereocenters. The van der Waals surface area contributed by atoms with E-state index in [0.29, 0.717) is 5.56 Å². The zero-order valence-corrected chi connectivity index (χ0v) is 22.7. The number of carbonyl (C=O) groups excluding carboxylic acids is 3. The van der Waals surface area contributed by atoms with E-state index in [1.807, 2.05) is 13.8 Å². The number of esters is 2. The second kappa shape index (κ2) is 14.5. The van der Waals surface area contributed by atoms with Crippen LogP contribution in [0.25, 0.3) is 0 Å². The van der Waals surface area contributed by atoms with Crippen molar-refractivity contribution in [1.82, 2.24) is 10.6 Å². The van der Waals surface area contributed by atoms with Crippen LogP contribution in [0.15, 0.2) is 42.0 Å². The first-order chi connectivity index (χ1) is 18.0. The molecule has 0 spiro atoms. The molecular formula is C27H41N5O6. The van der Waals surface area contributed by atoms with E-state index >= 15 is 0 Å². The van der Waals surface area contributed by atoms with Crippen LogP contribution in [0.4, 0.5) is 0 Å². The quantitative estimate of drug-likeness (QED) is 0.117. The van der Waals surface area contributed by atoms with Crippen molar-refractivity contribution in [2.45, 2.75) is 90.5 Å². The van der Waals surface area contributed by atoms with Crippen LogP contribution in [-0.2, 0) is 28.6 Å². The molecule has 11 nitrogen and oxygen atoms in total. The molecule has 0 heterocycles. The van der Waals surface area contributed by atoms with Gasteiger partial charge < -0.3 is 36.3 Å². The van der Waals surface area contributed by atoms with E-state index in [1.54, 1.807) is 50.3 Å². The van der Waals surface area contributed by atoms with Gasteiger partial charge in [-0.1, -0.05) is 58.0 Å². The molecule has 1 aromatic carbocycles. The number of amides is 1. The fourth-order valence-electron chi connectivity index (χ4n) is 4.10. The van der Waals surface area contributed by atoms with Crippen molar-refractivity contribution in [3.63, 3.8) is 0 Å². The molecule has 0 saturated heterocycles. The van der Waals surface area contributed by atoms with Gasteiger partial charge in [-0.2, -0.15) is 0 Å². The van der Waals surface area contributed by atoms with Gasteiger partial charge in [0.05, 0.1) is 24.3 Å². The van der Waals surface area contributed by atoms with Gasteiger partial charge in [0.25, 0.3) is 6.29 Å². The van der Waals surface area contributed by atoms with Crippen LogP contribution in [0.2, 0.25) is 0 Å². The lowest BCUT2D eigenvalue weighted by Crippen LogP contribution is -2.60. The molecular weight excluding hydrogens is 490 g/mol. The van der Waals surface area contributed by atoms with Crippen molar-refractivity contribution in [2.24, 2.45) is 17.4 Å². The van der Waals surface area contributed by atoms with Crippen molar-refractivity contribution >= 4 is 23.8 Å². The Bertz CT molecular complexity index is 995. The molecule has 2 unspecified atom stereocenters. The van der Waals surface area contributed by atoms with Crippen molar-refractivity contribution < 1.29 is 28.6 Å².